The number of oxime groups is 1. The molecule has 0 amide bonds. The molecule has 1 aromatic heterocycles. The van der Waals surface area contributed by atoms with E-state index >= 15 is 0 Å². The van der Waals surface area contributed by atoms with Crippen molar-refractivity contribution in [2.45, 2.75) is 40.0 Å². The Morgan fingerprint density at radius 2 is 1.90 bits per heavy atom. The van der Waals surface area contributed by atoms with E-state index in [1.165, 1.54) is 0 Å². The lowest BCUT2D eigenvalue weighted by Gasteiger charge is -2.14. The van der Waals surface area contributed by atoms with Crippen LogP contribution in [0.25, 0.3) is 0 Å². The number of aromatic nitrogens is 2. The van der Waals surface area contributed by atoms with Crippen molar-refractivity contribution in [3.8, 4) is 5.88 Å². The zero-order valence-electron chi connectivity index (χ0n) is 12.9. The summed E-state index contributed by atoms with van der Waals surface area (Å²) < 4.78 is 10.9. The molecule has 0 aliphatic carbocycles. The molecule has 1 aromatic rings. The van der Waals surface area contributed by atoms with Crippen LogP contribution in [-0.4, -0.2) is 41.1 Å². The molecular formula is C14H24N4O3. The third-order valence-corrected chi connectivity index (χ3v) is 2.99. The van der Waals surface area contributed by atoms with Crippen LogP contribution in [0.2, 0.25) is 0 Å². The SMILES string of the molecule is CCCOCCOc1nnc(CC)c(CC)c1C(N)=NO. The molecule has 0 aliphatic rings. The zero-order chi connectivity index (χ0) is 15.7. The second kappa shape index (κ2) is 9.12. The molecule has 0 aliphatic heterocycles. The Kier molecular flexibility index (Phi) is 7.45. The first-order chi connectivity index (χ1) is 10.2. The Labute approximate surface area is 125 Å². The van der Waals surface area contributed by atoms with Gasteiger partial charge in [0.25, 0.3) is 0 Å². The van der Waals surface area contributed by atoms with E-state index in [9.17, 15) is 0 Å². The number of ether oxygens (including phenoxy) is 2. The van der Waals surface area contributed by atoms with Gasteiger partial charge in [-0.3, -0.25) is 0 Å². The van der Waals surface area contributed by atoms with E-state index in [0.29, 0.717) is 31.8 Å². The van der Waals surface area contributed by atoms with Crippen LogP contribution >= 0.6 is 0 Å². The molecule has 0 fully saturated rings. The van der Waals surface area contributed by atoms with E-state index in [1.807, 2.05) is 20.8 Å². The van der Waals surface area contributed by atoms with Gasteiger partial charge in [0.15, 0.2) is 5.84 Å². The molecule has 0 saturated heterocycles. The average Bonchev–Trinajstić information content (AvgIpc) is 2.52. The molecule has 7 heteroatoms. The van der Waals surface area contributed by atoms with E-state index in [1.54, 1.807) is 0 Å². The fourth-order valence-electron chi connectivity index (χ4n) is 2.01. The number of amidine groups is 1. The molecule has 1 rings (SSSR count). The van der Waals surface area contributed by atoms with Crippen molar-refractivity contribution in [2.75, 3.05) is 19.8 Å². The first-order valence-corrected chi connectivity index (χ1v) is 7.26. The van der Waals surface area contributed by atoms with Crippen LogP contribution in [0.5, 0.6) is 5.88 Å². The minimum Gasteiger partial charge on any atom is -0.474 e. The van der Waals surface area contributed by atoms with Gasteiger partial charge >= 0.3 is 0 Å². The molecule has 3 N–H and O–H groups in total. The Balaban J connectivity index is 2.97. The van der Waals surface area contributed by atoms with Crippen molar-refractivity contribution in [1.82, 2.24) is 10.2 Å². The summed E-state index contributed by atoms with van der Waals surface area (Å²) in [7, 11) is 0. The maximum Gasteiger partial charge on any atom is 0.245 e. The number of nitrogens with two attached hydrogens (primary N) is 1. The van der Waals surface area contributed by atoms with Gasteiger partial charge in [-0.15, -0.1) is 5.10 Å². The van der Waals surface area contributed by atoms with Gasteiger partial charge in [-0.05, 0) is 24.8 Å². The van der Waals surface area contributed by atoms with Gasteiger partial charge in [0.05, 0.1) is 17.9 Å². The van der Waals surface area contributed by atoms with Crippen LogP contribution in [0.15, 0.2) is 5.16 Å². The predicted octanol–water partition coefficient (Wildman–Crippen LogP) is 1.50. The van der Waals surface area contributed by atoms with Gasteiger partial charge in [0.2, 0.25) is 5.88 Å². The van der Waals surface area contributed by atoms with Gasteiger partial charge in [-0.2, -0.15) is 5.10 Å². The van der Waals surface area contributed by atoms with Crippen LogP contribution in [0.3, 0.4) is 0 Å². The summed E-state index contributed by atoms with van der Waals surface area (Å²) in [5.74, 6) is 0.264. The highest BCUT2D eigenvalue weighted by molar-refractivity contribution is 6.00. The third-order valence-electron chi connectivity index (χ3n) is 2.99. The van der Waals surface area contributed by atoms with Crippen molar-refractivity contribution >= 4 is 5.84 Å². The summed E-state index contributed by atoms with van der Waals surface area (Å²) in [6.45, 7) is 7.50. The molecule has 118 valence electrons. The van der Waals surface area contributed by atoms with Crippen LogP contribution in [-0.2, 0) is 17.6 Å². The maximum absolute atomic E-state index is 8.97. The van der Waals surface area contributed by atoms with Gasteiger partial charge in [-0.25, -0.2) is 0 Å². The molecular weight excluding hydrogens is 272 g/mol. The number of aryl methyl sites for hydroxylation is 1. The molecule has 1 heterocycles. The Morgan fingerprint density at radius 3 is 2.48 bits per heavy atom. The first kappa shape index (κ1) is 17.2. The number of rotatable bonds is 9. The fraction of sp³-hybridized carbons (Fsp3) is 0.643. The average molecular weight is 296 g/mol. The van der Waals surface area contributed by atoms with E-state index in [2.05, 4.69) is 15.4 Å². The lowest BCUT2D eigenvalue weighted by Crippen LogP contribution is -2.21. The Hall–Kier alpha value is -1.89. The lowest BCUT2D eigenvalue weighted by atomic mass is 10.0. The van der Waals surface area contributed by atoms with Crippen molar-refractivity contribution in [3.05, 3.63) is 16.8 Å². The van der Waals surface area contributed by atoms with Crippen molar-refractivity contribution < 1.29 is 14.7 Å². The second-order valence-corrected chi connectivity index (χ2v) is 4.46. The lowest BCUT2D eigenvalue weighted by molar-refractivity contribution is 0.0985. The minimum atomic E-state index is -0.0130. The van der Waals surface area contributed by atoms with Crippen molar-refractivity contribution in [2.24, 2.45) is 10.9 Å². The maximum atomic E-state index is 8.97. The van der Waals surface area contributed by atoms with Crippen LogP contribution < -0.4 is 10.5 Å². The monoisotopic (exact) mass is 296 g/mol. The van der Waals surface area contributed by atoms with E-state index in [0.717, 1.165) is 24.1 Å². The highest BCUT2D eigenvalue weighted by Gasteiger charge is 2.19. The topological polar surface area (TPSA) is 103 Å². The summed E-state index contributed by atoms with van der Waals surface area (Å²) in [6.07, 6.45) is 2.38. The normalized spacial score (nSPS) is 11.7. The van der Waals surface area contributed by atoms with E-state index < -0.39 is 0 Å². The minimum absolute atomic E-state index is 0.0130. The summed E-state index contributed by atoms with van der Waals surface area (Å²) >= 11 is 0. The third kappa shape index (κ3) is 4.56. The predicted molar refractivity (Wildman–Crippen MR) is 79.9 cm³/mol. The molecule has 0 unspecified atom stereocenters. The van der Waals surface area contributed by atoms with Gasteiger partial charge in [-0.1, -0.05) is 25.9 Å². The van der Waals surface area contributed by atoms with Crippen molar-refractivity contribution in [1.29, 1.82) is 0 Å². The standard InChI is InChI=1S/C14H24N4O3/c1-4-7-20-8-9-21-14-12(13(15)18-19)10(5-2)11(6-3)16-17-14/h19H,4-9H2,1-3H3,(H2,15,18). The quantitative estimate of drug-likeness (QED) is 0.235. The molecule has 0 aromatic carbocycles. The van der Waals surface area contributed by atoms with Gasteiger partial charge in [0, 0.05) is 6.61 Å². The molecule has 0 saturated carbocycles. The number of hydrogen-bond donors (Lipinski definition) is 2. The largest absolute Gasteiger partial charge is 0.474 e. The summed E-state index contributed by atoms with van der Waals surface area (Å²) in [6, 6.07) is 0. The van der Waals surface area contributed by atoms with Crippen LogP contribution in [0.1, 0.15) is 44.0 Å². The number of nitrogens with zero attached hydrogens (tertiary/aromatic N) is 3. The fourth-order valence-corrected chi connectivity index (χ4v) is 2.01. The van der Waals surface area contributed by atoms with E-state index in [4.69, 9.17) is 20.4 Å². The molecule has 0 bridgehead atoms. The Bertz CT molecular complexity index is 478. The Morgan fingerprint density at radius 1 is 1.14 bits per heavy atom. The van der Waals surface area contributed by atoms with Gasteiger partial charge in [0.1, 0.15) is 6.61 Å². The van der Waals surface area contributed by atoms with Crippen molar-refractivity contribution in [3.63, 3.8) is 0 Å². The molecule has 0 spiro atoms. The van der Waals surface area contributed by atoms with Crippen LogP contribution in [0.4, 0.5) is 0 Å². The highest BCUT2D eigenvalue weighted by atomic mass is 16.5. The van der Waals surface area contributed by atoms with E-state index in [-0.39, 0.29) is 11.7 Å². The molecule has 0 radical (unpaired) electrons. The smallest absolute Gasteiger partial charge is 0.245 e. The summed E-state index contributed by atoms with van der Waals surface area (Å²) in [5, 5.41) is 20.2. The summed E-state index contributed by atoms with van der Waals surface area (Å²) in [5.41, 5.74) is 8.01. The molecule has 7 nitrogen and oxygen atoms in total. The highest BCUT2D eigenvalue weighted by Crippen LogP contribution is 2.22. The summed E-state index contributed by atoms with van der Waals surface area (Å²) in [4.78, 5) is 0. The first-order valence-electron chi connectivity index (χ1n) is 7.26. The van der Waals surface area contributed by atoms with Gasteiger partial charge < -0.3 is 20.4 Å². The molecule has 0 atom stereocenters. The van der Waals surface area contributed by atoms with Crippen LogP contribution in [0, 0.1) is 0 Å². The number of hydrogen-bond acceptors (Lipinski definition) is 6. The second-order valence-electron chi connectivity index (χ2n) is 4.46. The molecule has 21 heavy (non-hydrogen) atoms. The zero-order valence-corrected chi connectivity index (χ0v) is 12.9.